The van der Waals surface area contributed by atoms with Crippen LogP contribution < -0.4 is 5.32 Å². The fourth-order valence-corrected chi connectivity index (χ4v) is 4.41. The number of fused-ring (bicyclic) bond motifs is 1. The maximum absolute atomic E-state index is 12.8. The molecule has 1 N–H and O–H groups in total. The molecule has 0 spiro atoms. The van der Waals surface area contributed by atoms with Gasteiger partial charge in [-0.1, -0.05) is 12.1 Å². The number of aryl methyl sites for hydroxylation is 1. The summed E-state index contributed by atoms with van der Waals surface area (Å²) in [5.41, 5.74) is 0.0332. The maximum Gasteiger partial charge on any atom is 0.434 e. The van der Waals surface area contributed by atoms with Crippen molar-refractivity contribution >= 4 is 34.1 Å². The summed E-state index contributed by atoms with van der Waals surface area (Å²) in [6.07, 6.45) is -3.02. The molecule has 28 heavy (non-hydrogen) atoms. The number of para-hydroxylation sites is 1. The van der Waals surface area contributed by atoms with Crippen LogP contribution in [0.25, 0.3) is 10.9 Å². The molecule has 0 saturated carbocycles. The molecule has 1 aromatic carbocycles. The standard InChI is InChI=1S/C18H18F3N5OS/c1-25-13-7-3-2-6-12(13)15(24-25)23-17(27)26-8-4-5-11(9-26)16-22-14(10-28-16)18(19,20)21/h2-3,6-7,10-11H,4-5,8-9H2,1H3,(H,23,24,27). The Labute approximate surface area is 163 Å². The lowest BCUT2D eigenvalue weighted by Crippen LogP contribution is -2.41. The molecular formula is C18H18F3N5OS. The van der Waals surface area contributed by atoms with Crippen LogP contribution in [0.5, 0.6) is 0 Å². The van der Waals surface area contributed by atoms with Gasteiger partial charge in [0.05, 0.1) is 10.5 Å². The number of thiazole rings is 1. The van der Waals surface area contributed by atoms with Gasteiger partial charge in [0.15, 0.2) is 11.5 Å². The summed E-state index contributed by atoms with van der Waals surface area (Å²) >= 11 is 1.00. The molecule has 2 aromatic heterocycles. The minimum atomic E-state index is -4.44. The molecule has 10 heteroatoms. The first-order valence-corrected chi connectivity index (χ1v) is 9.71. The van der Waals surface area contributed by atoms with Gasteiger partial charge in [0.1, 0.15) is 0 Å². The molecule has 0 radical (unpaired) electrons. The minimum absolute atomic E-state index is 0.193. The summed E-state index contributed by atoms with van der Waals surface area (Å²) in [5.74, 6) is 0.278. The number of urea groups is 1. The van der Waals surface area contributed by atoms with Gasteiger partial charge < -0.3 is 4.90 Å². The zero-order chi connectivity index (χ0) is 19.9. The van der Waals surface area contributed by atoms with Crippen LogP contribution in [0.3, 0.4) is 0 Å². The average Bonchev–Trinajstić information content (AvgIpc) is 3.28. The van der Waals surface area contributed by atoms with Crippen LogP contribution in [0.15, 0.2) is 29.6 Å². The van der Waals surface area contributed by atoms with E-state index >= 15 is 0 Å². The smallest absolute Gasteiger partial charge is 0.324 e. The highest BCUT2D eigenvalue weighted by Gasteiger charge is 2.35. The van der Waals surface area contributed by atoms with Crippen molar-refractivity contribution in [1.29, 1.82) is 0 Å². The van der Waals surface area contributed by atoms with Gasteiger partial charge in [-0.3, -0.25) is 10.00 Å². The van der Waals surface area contributed by atoms with E-state index in [2.05, 4.69) is 15.4 Å². The lowest BCUT2D eigenvalue weighted by Gasteiger charge is -2.31. The van der Waals surface area contributed by atoms with Crippen LogP contribution in [-0.4, -0.2) is 38.8 Å². The van der Waals surface area contributed by atoms with Crippen molar-refractivity contribution in [2.75, 3.05) is 18.4 Å². The quantitative estimate of drug-likeness (QED) is 0.680. The predicted molar refractivity (Wildman–Crippen MR) is 100 cm³/mol. The van der Waals surface area contributed by atoms with E-state index in [9.17, 15) is 18.0 Å². The monoisotopic (exact) mass is 409 g/mol. The Bertz CT molecular complexity index is 1010. The number of nitrogens with one attached hydrogen (secondary N) is 1. The van der Waals surface area contributed by atoms with Gasteiger partial charge >= 0.3 is 12.2 Å². The average molecular weight is 409 g/mol. The molecule has 1 aliphatic heterocycles. The number of amides is 2. The summed E-state index contributed by atoms with van der Waals surface area (Å²) in [5, 5.41) is 9.49. The summed E-state index contributed by atoms with van der Waals surface area (Å²) < 4.78 is 40.1. The van der Waals surface area contributed by atoms with Crippen LogP contribution in [0.4, 0.5) is 23.8 Å². The molecule has 1 unspecified atom stereocenters. The number of carbonyl (C=O) groups is 1. The van der Waals surface area contributed by atoms with Gasteiger partial charge in [-0.15, -0.1) is 11.3 Å². The molecule has 0 aliphatic carbocycles. The number of likely N-dealkylation sites (tertiary alicyclic amines) is 1. The van der Waals surface area contributed by atoms with E-state index in [1.54, 1.807) is 16.6 Å². The highest BCUT2D eigenvalue weighted by atomic mass is 32.1. The van der Waals surface area contributed by atoms with E-state index in [1.807, 2.05) is 24.3 Å². The summed E-state index contributed by atoms with van der Waals surface area (Å²) in [6, 6.07) is 7.26. The summed E-state index contributed by atoms with van der Waals surface area (Å²) in [4.78, 5) is 18.1. The third-order valence-electron chi connectivity index (χ3n) is 4.85. The van der Waals surface area contributed by atoms with Crippen molar-refractivity contribution in [3.8, 4) is 0 Å². The Hall–Kier alpha value is -2.62. The van der Waals surface area contributed by atoms with Crippen LogP contribution in [0.2, 0.25) is 0 Å². The Morgan fingerprint density at radius 3 is 2.86 bits per heavy atom. The van der Waals surface area contributed by atoms with Crippen LogP contribution >= 0.6 is 11.3 Å². The highest BCUT2D eigenvalue weighted by Crippen LogP contribution is 2.35. The van der Waals surface area contributed by atoms with Gasteiger partial charge in [0.2, 0.25) is 0 Å². The summed E-state index contributed by atoms with van der Waals surface area (Å²) in [7, 11) is 1.80. The first-order chi connectivity index (χ1) is 13.3. The zero-order valence-corrected chi connectivity index (χ0v) is 15.8. The SMILES string of the molecule is Cn1nc(NC(=O)N2CCCC(c3nc(C(F)(F)F)cs3)C2)c2ccccc21. The van der Waals surface area contributed by atoms with E-state index in [1.165, 1.54) is 0 Å². The second-order valence-electron chi connectivity index (χ2n) is 6.77. The van der Waals surface area contributed by atoms with Crippen molar-refractivity contribution < 1.29 is 18.0 Å². The summed E-state index contributed by atoms with van der Waals surface area (Å²) in [6.45, 7) is 0.881. The number of hydrogen-bond donors (Lipinski definition) is 1. The minimum Gasteiger partial charge on any atom is -0.324 e. The second kappa shape index (κ2) is 7.08. The third-order valence-corrected chi connectivity index (χ3v) is 5.86. The Morgan fingerprint density at radius 1 is 1.32 bits per heavy atom. The lowest BCUT2D eigenvalue weighted by atomic mass is 9.99. The van der Waals surface area contributed by atoms with Crippen molar-refractivity contribution in [2.24, 2.45) is 7.05 Å². The second-order valence-corrected chi connectivity index (χ2v) is 7.66. The van der Waals surface area contributed by atoms with E-state index in [0.717, 1.165) is 27.6 Å². The van der Waals surface area contributed by atoms with Gasteiger partial charge in [0, 0.05) is 36.8 Å². The topological polar surface area (TPSA) is 63.1 Å². The number of hydrogen-bond acceptors (Lipinski definition) is 4. The first-order valence-electron chi connectivity index (χ1n) is 8.83. The number of nitrogens with zero attached hydrogens (tertiary/aromatic N) is 4. The van der Waals surface area contributed by atoms with Crippen LogP contribution in [0.1, 0.15) is 29.5 Å². The number of alkyl halides is 3. The Balaban J connectivity index is 1.48. The zero-order valence-electron chi connectivity index (χ0n) is 15.0. The van der Waals surface area contributed by atoms with Crippen molar-refractivity contribution in [1.82, 2.24) is 19.7 Å². The van der Waals surface area contributed by atoms with Gasteiger partial charge in [-0.25, -0.2) is 9.78 Å². The number of aromatic nitrogens is 3. The normalized spacial score (nSPS) is 17.9. The lowest BCUT2D eigenvalue weighted by molar-refractivity contribution is -0.140. The van der Waals surface area contributed by atoms with Crippen molar-refractivity contribution in [3.05, 3.63) is 40.3 Å². The van der Waals surface area contributed by atoms with Gasteiger partial charge in [0.25, 0.3) is 0 Å². The first kappa shape index (κ1) is 18.7. The fourth-order valence-electron chi connectivity index (χ4n) is 3.45. The molecule has 3 aromatic rings. The van der Waals surface area contributed by atoms with E-state index in [-0.39, 0.29) is 11.9 Å². The molecule has 1 aliphatic rings. The maximum atomic E-state index is 12.8. The molecule has 3 heterocycles. The number of rotatable bonds is 2. The molecule has 0 bridgehead atoms. The molecule has 148 valence electrons. The molecule has 2 amide bonds. The fraction of sp³-hybridized carbons (Fsp3) is 0.389. The Morgan fingerprint density at radius 2 is 2.11 bits per heavy atom. The van der Waals surface area contributed by atoms with E-state index < -0.39 is 11.9 Å². The number of anilines is 1. The number of halogens is 3. The van der Waals surface area contributed by atoms with Crippen molar-refractivity contribution in [3.63, 3.8) is 0 Å². The highest BCUT2D eigenvalue weighted by molar-refractivity contribution is 7.09. The Kier molecular flexibility index (Phi) is 4.74. The number of benzene rings is 1. The number of carbonyl (C=O) groups excluding carboxylic acids is 1. The predicted octanol–water partition coefficient (Wildman–Crippen LogP) is 4.46. The largest absolute Gasteiger partial charge is 0.434 e. The third kappa shape index (κ3) is 3.56. The number of piperidine rings is 1. The molecule has 1 saturated heterocycles. The van der Waals surface area contributed by atoms with E-state index in [4.69, 9.17) is 0 Å². The molecule has 1 atom stereocenters. The van der Waals surface area contributed by atoms with Gasteiger partial charge in [-0.05, 0) is 25.0 Å². The molecule has 1 fully saturated rings. The van der Waals surface area contributed by atoms with Crippen LogP contribution in [0, 0.1) is 0 Å². The van der Waals surface area contributed by atoms with Crippen molar-refractivity contribution in [2.45, 2.75) is 24.9 Å². The molecule has 4 rings (SSSR count). The van der Waals surface area contributed by atoms with E-state index in [0.29, 0.717) is 36.8 Å². The van der Waals surface area contributed by atoms with Crippen LogP contribution in [-0.2, 0) is 13.2 Å². The van der Waals surface area contributed by atoms with Gasteiger partial charge in [-0.2, -0.15) is 18.3 Å². The molecule has 6 nitrogen and oxygen atoms in total. The molecular weight excluding hydrogens is 391 g/mol.